The van der Waals surface area contributed by atoms with E-state index in [1.807, 2.05) is 10.3 Å². The van der Waals surface area contributed by atoms with Crippen molar-refractivity contribution < 1.29 is 41.4 Å². The third-order valence-electron chi connectivity index (χ3n) is 8.85. The Labute approximate surface area is 310 Å². The number of hydrogen-bond donors (Lipinski definition) is 1. The van der Waals surface area contributed by atoms with Gasteiger partial charge >= 0.3 is 18.2 Å². The molecule has 53 heavy (non-hydrogen) atoms. The molecule has 11 nitrogen and oxygen atoms in total. The maximum absolute atomic E-state index is 14.0. The third-order valence-corrected chi connectivity index (χ3v) is 9.96. The van der Waals surface area contributed by atoms with Gasteiger partial charge in [-0.05, 0) is 60.7 Å². The summed E-state index contributed by atoms with van der Waals surface area (Å²) in [6.45, 7) is 0.816. The highest BCUT2D eigenvalue weighted by Crippen LogP contribution is 2.37. The van der Waals surface area contributed by atoms with Gasteiger partial charge in [0.2, 0.25) is 0 Å². The number of alkyl halides is 3. The molecule has 0 spiro atoms. The van der Waals surface area contributed by atoms with E-state index in [0.29, 0.717) is 72.0 Å². The number of fused-ring (bicyclic) bond motifs is 1. The number of amides is 2. The van der Waals surface area contributed by atoms with Gasteiger partial charge in [-0.2, -0.15) is 13.2 Å². The van der Waals surface area contributed by atoms with Crippen LogP contribution in [-0.4, -0.2) is 91.3 Å². The number of rotatable bonds is 10. The van der Waals surface area contributed by atoms with Gasteiger partial charge in [0.05, 0.1) is 18.7 Å². The number of carbonyl (C=O) groups is 2. The lowest BCUT2D eigenvalue weighted by molar-refractivity contribution is -0.153. The largest absolute Gasteiger partial charge is 0.484 e. The first-order valence-electron chi connectivity index (χ1n) is 16.3. The molecule has 3 aromatic carbocycles. The van der Waals surface area contributed by atoms with Crippen LogP contribution in [0.2, 0.25) is 5.02 Å². The topological polar surface area (TPSA) is 109 Å². The molecule has 2 fully saturated rings. The quantitative estimate of drug-likeness (QED) is 0.139. The number of aromatic nitrogens is 1. The Morgan fingerprint density at radius 2 is 1.74 bits per heavy atom. The maximum atomic E-state index is 14.0. The Morgan fingerprint density at radius 1 is 1.02 bits per heavy atom. The number of ether oxygens (including phenoxy) is 3. The van der Waals surface area contributed by atoms with Crippen LogP contribution in [0.5, 0.6) is 17.2 Å². The summed E-state index contributed by atoms with van der Waals surface area (Å²) in [5.74, 6) is 0.253. The van der Waals surface area contributed by atoms with Crippen molar-refractivity contribution in [3.63, 3.8) is 0 Å². The fraction of sp³-hybridized carbons (Fsp3) is 0.278. The molecule has 3 aliphatic rings. The molecule has 7 rings (SSSR count). The Balaban J connectivity index is 1.05. The van der Waals surface area contributed by atoms with Gasteiger partial charge in [-0.1, -0.05) is 17.7 Å². The van der Waals surface area contributed by atoms with E-state index in [1.165, 1.54) is 60.9 Å². The van der Waals surface area contributed by atoms with Crippen LogP contribution in [0.1, 0.15) is 16.6 Å². The van der Waals surface area contributed by atoms with Crippen molar-refractivity contribution >= 4 is 46.5 Å². The van der Waals surface area contributed by atoms with E-state index in [1.54, 1.807) is 35.4 Å². The zero-order valence-electron chi connectivity index (χ0n) is 28.0. The van der Waals surface area contributed by atoms with Crippen molar-refractivity contribution in [1.29, 1.82) is 0 Å². The molecule has 0 bridgehead atoms. The molecule has 3 aliphatic heterocycles. The summed E-state index contributed by atoms with van der Waals surface area (Å²) in [6.07, 6.45) is -2.79. The molecule has 2 amide bonds. The molecular weight excluding hydrogens is 740 g/mol. The number of amidine groups is 1. The minimum absolute atomic E-state index is 0.0663. The van der Waals surface area contributed by atoms with E-state index in [9.17, 15) is 27.2 Å². The number of aliphatic imine (C=N–C) groups is 1. The van der Waals surface area contributed by atoms with Crippen LogP contribution in [0.3, 0.4) is 0 Å². The lowest BCUT2D eigenvalue weighted by atomic mass is 9.95. The Morgan fingerprint density at radius 3 is 2.40 bits per heavy atom. The summed E-state index contributed by atoms with van der Waals surface area (Å²) >= 11 is 7.86. The van der Waals surface area contributed by atoms with E-state index < -0.39 is 30.6 Å². The Bertz CT molecular complexity index is 2050. The average Bonchev–Trinajstić information content (AvgIpc) is 3.79. The fourth-order valence-corrected chi connectivity index (χ4v) is 7.28. The molecule has 2 atom stereocenters. The number of anilines is 1. The third kappa shape index (κ3) is 8.09. The summed E-state index contributed by atoms with van der Waals surface area (Å²) in [4.78, 5) is 41.8. The van der Waals surface area contributed by atoms with Crippen LogP contribution < -0.4 is 19.7 Å². The van der Waals surface area contributed by atoms with E-state index in [0.717, 1.165) is 0 Å². The Kier molecular flexibility index (Phi) is 10.3. The van der Waals surface area contributed by atoms with E-state index >= 15 is 0 Å². The van der Waals surface area contributed by atoms with Crippen molar-refractivity contribution in [2.75, 3.05) is 51.3 Å². The number of esters is 1. The SMILES string of the molecule is COC(=O)C1=C(CN2CCN3C(=O)N(c4ccc(Oc5ccc(OCC(F)(F)F)cc5)cc4)CC3C2)NC(c2nccs2)=NC1c1ccc(F)cc1Cl. The summed E-state index contributed by atoms with van der Waals surface area (Å²) in [6, 6.07) is 15.5. The molecule has 0 radical (unpaired) electrons. The molecule has 4 heterocycles. The zero-order valence-corrected chi connectivity index (χ0v) is 29.6. The predicted molar refractivity (Wildman–Crippen MR) is 189 cm³/mol. The summed E-state index contributed by atoms with van der Waals surface area (Å²) in [5, 5.41) is 5.83. The molecule has 2 saturated heterocycles. The molecule has 0 saturated carbocycles. The lowest BCUT2D eigenvalue weighted by Crippen LogP contribution is -2.53. The summed E-state index contributed by atoms with van der Waals surface area (Å²) in [5.41, 5.74) is 1.89. The van der Waals surface area contributed by atoms with Gasteiger partial charge in [-0.3, -0.25) is 14.8 Å². The number of thiazole rings is 1. The van der Waals surface area contributed by atoms with Gasteiger partial charge in [0.15, 0.2) is 17.5 Å². The number of nitrogens with one attached hydrogen (secondary N) is 1. The van der Waals surface area contributed by atoms with Gasteiger partial charge in [0.1, 0.15) is 29.1 Å². The number of piperazine rings is 1. The van der Waals surface area contributed by atoms with Crippen LogP contribution >= 0.6 is 22.9 Å². The van der Waals surface area contributed by atoms with Crippen molar-refractivity contribution in [3.8, 4) is 17.2 Å². The van der Waals surface area contributed by atoms with Crippen LogP contribution in [0, 0.1) is 5.82 Å². The average molecular weight is 771 g/mol. The monoisotopic (exact) mass is 770 g/mol. The highest BCUT2D eigenvalue weighted by Gasteiger charge is 2.42. The van der Waals surface area contributed by atoms with Gasteiger partial charge in [-0.15, -0.1) is 11.3 Å². The van der Waals surface area contributed by atoms with Crippen molar-refractivity contribution in [2.45, 2.75) is 18.3 Å². The van der Waals surface area contributed by atoms with Gasteiger partial charge in [0, 0.05) is 66.3 Å². The highest BCUT2D eigenvalue weighted by molar-refractivity contribution is 7.11. The molecular formula is C36H31ClF4N6O5S. The van der Waals surface area contributed by atoms with Crippen molar-refractivity contribution in [2.24, 2.45) is 4.99 Å². The number of halogens is 5. The van der Waals surface area contributed by atoms with Crippen LogP contribution in [-0.2, 0) is 9.53 Å². The minimum Gasteiger partial charge on any atom is -0.484 e. The molecule has 276 valence electrons. The smallest absolute Gasteiger partial charge is 0.422 e. The second kappa shape index (κ2) is 15.0. The maximum Gasteiger partial charge on any atom is 0.422 e. The van der Waals surface area contributed by atoms with E-state index in [4.69, 9.17) is 30.8 Å². The summed E-state index contributed by atoms with van der Waals surface area (Å²) < 4.78 is 67.1. The van der Waals surface area contributed by atoms with E-state index in [2.05, 4.69) is 15.2 Å². The first-order chi connectivity index (χ1) is 25.5. The first kappa shape index (κ1) is 36.2. The summed E-state index contributed by atoms with van der Waals surface area (Å²) in [7, 11) is 1.28. The molecule has 1 aromatic heterocycles. The van der Waals surface area contributed by atoms with Gasteiger partial charge < -0.3 is 24.4 Å². The molecule has 1 N–H and O–H groups in total. The molecule has 17 heteroatoms. The number of carbonyl (C=O) groups excluding carboxylic acids is 2. The normalized spacial score (nSPS) is 19.1. The zero-order chi connectivity index (χ0) is 37.3. The number of benzene rings is 3. The molecule has 0 aliphatic carbocycles. The standard InChI is InChI=1S/C36H31ClF4N6O5S/c1-50-34(48)30-29(43-32(33-42-12-15-53-33)44-31(30)27-11-2-21(38)16-28(27)37)19-45-13-14-46-23(17-45)18-47(35(46)49)22-3-5-25(6-4-22)52-26-9-7-24(8-10-26)51-20-36(39,40)41/h2-12,15-16,23,31H,13-14,17-20H2,1H3,(H,43,44). The molecule has 4 aromatic rings. The molecule has 2 unspecified atom stereocenters. The number of urea groups is 1. The van der Waals surface area contributed by atoms with Crippen LogP contribution in [0.4, 0.5) is 28.0 Å². The highest BCUT2D eigenvalue weighted by atomic mass is 35.5. The number of nitrogens with zero attached hydrogens (tertiary/aromatic N) is 5. The lowest BCUT2D eigenvalue weighted by Gasteiger charge is -2.38. The second-order valence-corrected chi connectivity index (χ2v) is 13.6. The van der Waals surface area contributed by atoms with Crippen molar-refractivity contribution in [3.05, 3.63) is 111 Å². The second-order valence-electron chi connectivity index (χ2n) is 12.3. The first-order valence-corrected chi connectivity index (χ1v) is 17.6. The van der Waals surface area contributed by atoms with E-state index in [-0.39, 0.29) is 28.4 Å². The number of hydrogen-bond acceptors (Lipinski definition) is 10. The predicted octanol–water partition coefficient (Wildman–Crippen LogP) is 6.81. The minimum atomic E-state index is -4.43. The van der Waals surface area contributed by atoms with Crippen LogP contribution in [0.25, 0.3) is 0 Å². The van der Waals surface area contributed by atoms with Crippen LogP contribution in [0.15, 0.2) is 94.6 Å². The van der Waals surface area contributed by atoms with Crippen molar-refractivity contribution in [1.82, 2.24) is 20.1 Å². The fourth-order valence-electron chi connectivity index (χ4n) is 6.42. The van der Waals surface area contributed by atoms with Gasteiger partial charge in [0.25, 0.3) is 0 Å². The Hall–Kier alpha value is -5.19. The van der Waals surface area contributed by atoms with Gasteiger partial charge in [-0.25, -0.2) is 19.0 Å². The number of methoxy groups -OCH3 is 1.